The molecule has 3 aliphatic rings. The highest BCUT2D eigenvalue weighted by Crippen LogP contribution is 2.41. The summed E-state index contributed by atoms with van der Waals surface area (Å²) in [6, 6.07) is 16.8. The van der Waals surface area contributed by atoms with Crippen LogP contribution in [0.4, 0.5) is 11.4 Å². The van der Waals surface area contributed by atoms with E-state index in [-0.39, 0.29) is 11.6 Å². The van der Waals surface area contributed by atoms with Gasteiger partial charge in [0, 0.05) is 40.9 Å². The van der Waals surface area contributed by atoms with Crippen LogP contribution in [-0.2, 0) is 4.74 Å². The second-order valence-electron chi connectivity index (χ2n) is 11.1. The Labute approximate surface area is 241 Å². The smallest absolute Gasteiger partial charge is 0.337 e. The van der Waals surface area contributed by atoms with Crippen molar-refractivity contribution in [2.75, 3.05) is 44.9 Å². The number of nitrogens with one attached hydrogen (secondary N) is 3. The number of ether oxygens (including phenoxy) is 2. The summed E-state index contributed by atoms with van der Waals surface area (Å²) in [5.74, 6) is 1.10. The van der Waals surface area contributed by atoms with Gasteiger partial charge in [0.05, 0.1) is 42.0 Å². The second-order valence-corrected chi connectivity index (χ2v) is 11.1. The number of para-hydroxylation sites is 2. The Balaban J connectivity index is 1.46. The van der Waals surface area contributed by atoms with Gasteiger partial charge >= 0.3 is 5.97 Å². The molecule has 10 nitrogen and oxygen atoms in total. The van der Waals surface area contributed by atoms with Gasteiger partial charge in [-0.2, -0.15) is 0 Å². The van der Waals surface area contributed by atoms with Crippen molar-refractivity contribution in [2.24, 2.45) is 5.92 Å². The fourth-order valence-electron chi connectivity index (χ4n) is 6.52. The summed E-state index contributed by atoms with van der Waals surface area (Å²) in [4.78, 5) is 39.6. The topological polar surface area (TPSA) is 138 Å². The first-order chi connectivity index (χ1) is 20.4. The number of benzene rings is 3. The third kappa shape index (κ3) is 4.35. The molecule has 0 aliphatic carbocycles. The van der Waals surface area contributed by atoms with Crippen molar-refractivity contribution in [1.82, 2.24) is 19.9 Å². The molecule has 2 bridgehead atoms. The zero-order valence-electron chi connectivity index (χ0n) is 23.5. The molecule has 0 unspecified atom stereocenters. The highest BCUT2D eigenvalue weighted by atomic mass is 16.5. The van der Waals surface area contributed by atoms with Gasteiger partial charge in [-0.3, -0.25) is 4.79 Å². The maximum absolute atomic E-state index is 13.8. The van der Waals surface area contributed by atoms with E-state index in [1.807, 2.05) is 36.4 Å². The third-order valence-electron chi connectivity index (χ3n) is 8.71. The lowest BCUT2D eigenvalue weighted by Crippen LogP contribution is -2.53. The van der Waals surface area contributed by atoms with Crippen molar-refractivity contribution in [3.05, 3.63) is 70.5 Å². The maximum atomic E-state index is 13.8. The molecule has 3 saturated heterocycles. The number of aromatic amines is 2. The van der Waals surface area contributed by atoms with E-state index in [1.165, 1.54) is 7.11 Å². The quantitative estimate of drug-likeness (QED) is 0.173. The number of fused-ring (bicyclic) bond motifs is 5. The van der Waals surface area contributed by atoms with E-state index in [9.17, 15) is 9.59 Å². The van der Waals surface area contributed by atoms with Crippen LogP contribution in [-0.4, -0.2) is 65.7 Å². The van der Waals surface area contributed by atoms with E-state index in [0.717, 1.165) is 60.1 Å². The summed E-state index contributed by atoms with van der Waals surface area (Å²) >= 11 is 0. The Bertz CT molecular complexity index is 1870. The number of hydrogen-bond donors (Lipinski definition) is 4. The number of nitrogens with two attached hydrogens (primary N) is 1. The summed E-state index contributed by atoms with van der Waals surface area (Å²) < 4.78 is 10.6. The lowest BCUT2D eigenvalue weighted by Gasteiger charge is -2.45. The number of anilines is 2. The molecule has 10 heteroatoms. The molecule has 5 heterocycles. The van der Waals surface area contributed by atoms with Gasteiger partial charge in [-0.15, -0.1) is 0 Å². The Kier molecular flexibility index (Phi) is 6.35. The molecule has 0 spiro atoms. The summed E-state index contributed by atoms with van der Waals surface area (Å²) in [5, 5.41) is 4.63. The number of esters is 1. The number of piperidine rings is 3. The van der Waals surface area contributed by atoms with Crippen LogP contribution in [0.15, 0.2) is 59.4 Å². The first kappa shape index (κ1) is 26.1. The summed E-state index contributed by atoms with van der Waals surface area (Å²) in [7, 11) is 2.92. The normalized spacial score (nSPS) is 19.7. The van der Waals surface area contributed by atoms with E-state index in [0.29, 0.717) is 45.4 Å². The number of H-pyrrole nitrogens is 2. The third-order valence-corrected chi connectivity index (χ3v) is 8.71. The fraction of sp³-hybridized carbons (Fsp3) is 0.281. The monoisotopic (exact) mass is 564 g/mol. The average molecular weight is 565 g/mol. The number of rotatable bonds is 6. The molecule has 1 atom stereocenters. The fourth-order valence-corrected chi connectivity index (χ4v) is 6.52. The first-order valence-electron chi connectivity index (χ1n) is 14.1. The average Bonchev–Trinajstić information content (AvgIpc) is 3.44. The van der Waals surface area contributed by atoms with Gasteiger partial charge in [-0.25, -0.2) is 9.78 Å². The molecule has 2 aromatic heterocycles. The number of carbonyl (C=O) groups excluding carboxylic acids is 1. The summed E-state index contributed by atoms with van der Waals surface area (Å²) in [6.45, 7) is 3.14. The summed E-state index contributed by atoms with van der Waals surface area (Å²) in [5.41, 5.74) is 11.9. The number of nitrogens with zero attached hydrogens (tertiary/aromatic N) is 2. The minimum atomic E-state index is -0.462. The molecule has 5 aromatic rings. The zero-order valence-corrected chi connectivity index (χ0v) is 23.5. The molecule has 0 radical (unpaired) electrons. The number of methoxy groups -OCH3 is 2. The number of pyridine rings is 1. The Hall–Kier alpha value is -4.83. The largest absolute Gasteiger partial charge is 0.496 e. The lowest BCUT2D eigenvalue weighted by molar-refractivity contribution is 0.0601. The molecule has 3 aliphatic heterocycles. The molecule has 3 fully saturated rings. The molecule has 8 rings (SSSR count). The van der Waals surface area contributed by atoms with Gasteiger partial charge in [0.25, 0.3) is 5.56 Å². The molecular formula is C32H32N6O4. The Morgan fingerprint density at radius 2 is 1.83 bits per heavy atom. The van der Waals surface area contributed by atoms with E-state index in [4.69, 9.17) is 20.2 Å². The number of carbonyl (C=O) groups is 1. The number of nitrogen functional groups attached to an aromatic ring is 1. The predicted molar refractivity (Wildman–Crippen MR) is 164 cm³/mol. The van der Waals surface area contributed by atoms with Crippen molar-refractivity contribution in [1.29, 1.82) is 0 Å². The van der Waals surface area contributed by atoms with E-state index < -0.39 is 5.97 Å². The van der Waals surface area contributed by atoms with Crippen LogP contribution in [0.2, 0.25) is 0 Å². The van der Waals surface area contributed by atoms with Gasteiger partial charge in [0.1, 0.15) is 17.1 Å². The van der Waals surface area contributed by atoms with E-state index in [2.05, 4.69) is 20.2 Å². The lowest BCUT2D eigenvalue weighted by atomic mass is 9.83. The van der Waals surface area contributed by atoms with Gasteiger partial charge < -0.3 is 35.4 Å². The van der Waals surface area contributed by atoms with Crippen molar-refractivity contribution in [2.45, 2.75) is 18.9 Å². The predicted octanol–water partition coefficient (Wildman–Crippen LogP) is 4.62. The molecule has 3 aromatic carbocycles. The van der Waals surface area contributed by atoms with Gasteiger partial charge in [0.2, 0.25) is 0 Å². The van der Waals surface area contributed by atoms with E-state index >= 15 is 0 Å². The van der Waals surface area contributed by atoms with Crippen molar-refractivity contribution in [3.8, 4) is 28.3 Å². The molecule has 5 N–H and O–H groups in total. The van der Waals surface area contributed by atoms with Gasteiger partial charge in [-0.1, -0.05) is 18.2 Å². The van der Waals surface area contributed by atoms with Crippen LogP contribution < -0.4 is 21.3 Å². The molecule has 0 saturated carbocycles. The van der Waals surface area contributed by atoms with Crippen LogP contribution in [0.1, 0.15) is 23.2 Å². The van der Waals surface area contributed by atoms with Crippen LogP contribution in [0, 0.1) is 5.92 Å². The minimum Gasteiger partial charge on any atom is -0.496 e. The minimum absolute atomic E-state index is 0.190. The molecule has 42 heavy (non-hydrogen) atoms. The van der Waals surface area contributed by atoms with Crippen LogP contribution in [0.3, 0.4) is 0 Å². The number of hydrogen-bond acceptors (Lipinski definition) is 8. The SMILES string of the molecule is COC(=O)c1ccc(-c2cc3c(N[C@H]4CN5CCC4CC5)c(-c4nc5ccccc5[nH]4)c(=O)[nH]c3cc2OC)c(N)c1. The zero-order chi connectivity index (χ0) is 29.0. The highest BCUT2D eigenvalue weighted by molar-refractivity contribution is 6.03. The standard InChI is InChI=1S/C32H32N6O4/c1-41-27-15-25-21(14-20(27)19-8-7-18(13-22(19)33)32(40)42-2)29(34-26-16-38-11-9-17(26)10-12-38)28(31(39)37-25)30-35-23-5-3-4-6-24(23)36-30/h3-8,13-15,17,26H,9-12,16,33H2,1-2H3,(H,35,36)(H2,34,37,39)/t26-/m0/s1. The van der Waals surface area contributed by atoms with Crippen LogP contribution in [0.5, 0.6) is 5.75 Å². The Morgan fingerprint density at radius 3 is 2.52 bits per heavy atom. The Morgan fingerprint density at radius 1 is 1.02 bits per heavy atom. The van der Waals surface area contributed by atoms with Crippen molar-refractivity contribution in [3.63, 3.8) is 0 Å². The highest BCUT2D eigenvalue weighted by Gasteiger charge is 2.35. The van der Waals surface area contributed by atoms with E-state index in [1.54, 1.807) is 25.3 Å². The van der Waals surface area contributed by atoms with Crippen molar-refractivity contribution < 1.29 is 14.3 Å². The number of imidazole rings is 1. The second kappa shape index (κ2) is 10.2. The van der Waals surface area contributed by atoms with Gasteiger partial charge in [-0.05, 0) is 62.2 Å². The molecule has 0 amide bonds. The van der Waals surface area contributed by atoms with Crippen LogP contribution >= 0.6 is 0 Å². The molecule has 214 valence electrons. The van der Waals surface area contributed by atoms with Gasteiger partial charge in [0.15, 0.2) is 0 Å². The molecular weight excluding hydrogens is 532 g/mol. The van der Waals surface area contributed by atoms with Crippen LogP contribution in [0.25, 0.3) is 44.5 Å². The summed E-state index contributed by atoms with van der Waals surface area (Å²) in [6.07, 6.45) is 2.25. The number of aromatic nitrogens is 3. The maximum Gasteiger partial charge on any atom is 0.337 e. The van der Waals surface area contributed by atoms with Crippen molar-refractivity contribution >= 4 is 39.3 Å². The first-order valence-corrected chi connectivity index (χ1v) is 14.1.